The van der Waals surface area contributed by atoms with E-state index in [0.29, 0.717) is 17.3 Å². The van der Waals surface area contributed by atoms with Crippen LogP contribution in [0.25, 0.3) is 11.0 Å². The Morgan fingerprint density at radius 3 is 2.47 bits per heavy atom. The van der Waals surface area contributed by atoms with Crippen molar-refractivity contribution in [1.82, 2.24) is 9.55 Å². The number of aromatic nitrogens is 2. The molecule has 7 heteroatoms. The van der Waals surface area contributed by atoms with Crippen LogP contribution in [-0.4, -0.2) is 20.6 Å². The Bertz CT molecular complexity index is 1200. The van der Waals surface area contributed by atoms with E-state index in [0.717, 1.165) is 40.8 Å². The highest BCUT2D eigenvalue weighted by Crippen LogP contribution is 2.22. The van der Waals surface area contributed by atoms with Crippen LogP contribution in [0.15, 0.2) is 77.3 Å². The molecule has 0 aliphatic heterocycles. The lowest BCUT2D eigenvalue weighted by Crippen LogP contribution is -2.09. The molecule has 0 aliphatic rings. The molecule has 0 spiro atoms. The molecule has 0 fully saturated rings. The molecule has 0 atom stereocenters. The van der Waals surface area contributed by atoms with Crippen LogP contribution in [0.5, 0.6) is 5.75 Å². The van der Waals surface area contributed by atoms with E-state index in [1.54, 1.807) is 18.2 Å². The normalized spacial score (nSPS) is 11.2. The van der Waals surface area contributed by atoms with Gasteiger partial charge in [-0.3, -0.25) is 0 Å². The van der Waals surface area contributed by atoms with E-state index in [9.17, 15) is 4.79 Å². The van der Waals surface area contributed by atoms with E-state index in [1.165, 1.54) is 11.6 Å². The minimum Gasteiger partial charge on any atom is -0.486 e. The number of rotatable bonds is 9. The van der Waals surface area contributed by atoms with Gasteiger partial charge in [0.2, 0.25) is 0 Å². The lowest BCUT2D eigenvalue weighted by atomic mass is 10.2. The van der Waals surface area contributed by atoms with Gasteiger partial charge < -0.3 is 14.4 Å². The van der Waals surface area contributed by atoms with E-state index in [4.69, 9.17) is 38.0 Å². The van der Waals surface area contributed by atoms with Crippen LogP contribution in [0.1, 0.15) is 62.3 Å². The number of imidazole rings is 1. The quantitative estimate of drug-likeness (QED) is 0.280. The second-order valence-corrected chi connectivity index (χ2v) is 8.23. The van der Waals surface area contributed by atoms with E-state index in [2.05, 4.69) is 42.3 Å². The molecule has 36 heavy (non-hydrogen) atoms. The molecule has 0 aliphatic carbocycles. The van der Waals surface area contributed by atoms with Crippen LogP contribution in [0, 0.1) is 6.92 Å². The molecule has 0 saturated heterocycles. The monoisotopic (exact) mass is 530 g/mol. The molecule has 2 aromatic carbocycles. The minimum atomic E-state index is -0.978. The molecule has 0 unspecified atom stereocenters. The Kier molecular flexibility index (Phi) is 14.3. The molecule has 5 nitrogen and oxygen atoms in total. The number of carboxylic acids is 1. The number of halogens is 2. The predicted molar refractivity (Wildman–Crippen MR) is 152 cm³/mol. The third kappa shape index (κ3) is 9.56. The Morgan fingerprint density at radius 2 is 1.92 bits per heavy atom. The van der Waals surface area contributed by atoms with Crippen molar-refractivity contribution in [2.75, 3.05) is 0 Å². The van der Waals surface area contributed by atoms with Crippen LogP contribution in [0.3, 0.4) is 0 Å². The van der Waals surface area contributed by atoms with E-state index < -0.39 is 5.97 Å². The average molecular weight is 532 g/mol. The summed E-state index contributed by atoms with van der Waals surface area (Å²) in [6.07, 6.45) is 5.77. The largest absolute Gasteiger partial charge is 0.486 e. The molecule has 1 heterocycles. The summed E-state index contributed by atoms with van der Waals surface area (Å²) in [6, 6.07) is 12.7. The third-order valence-electron chi connectivity index (χ3n) is 4.96. The number of ether oxygens (including phenoxy) is 1. The molecule has 0 bridgehead atoms. The highest BCUT2D eigenvalue weighted by Gasteiger charge is 2.13. The van der Waals surface area contributed by atoms with Gasteiger partial charge in [-0.1, -0.05) is 81.8 Å². The van der Waals surface area contributed by atoms with Crippen LogP contribution >= 0.6 is 23.2 Å². The van der Waals surface area contributed by atoms with Crippen molar-refractivity contribution in [1.29, 1.82) is 0 Å². The standard InChI is InChI=1S/C23H24N2O3.C4H6Cl2.C2H6/c1-4-7-17(5-2)14-25-21-11-10-16(3)12-20(21)24-22(25)15-28-19-9-6-8-18(13-19)23(26)27;1-2-4(6)3-5;1-2/h5-13H,2,4,14-15H2,1,3H3,(H,26,27);3H,2H2,1H3;1-2H3/b17-7+;4-3-;. The number of hydrogen-bond acceptors (Lipinski definition) is 3. The van der Waals surface area contributed by atoms with Gasteiger partial charge in [0.05, 0.1) is 16.6 Å². The number of nitrogens with zero attached hydrogens (tertiary/aromatic N) is 2. The molecule has 1 aromatic heterocycles. The van der Waals surface area contributed by atoms with Gasteiger partial charge in [-0.25, -0.2) is 9.78 Å². The Morgan fingerprint density at radius 1 is 1.19 bits per heavy atom. The summed E-state index contributed by atoms with van der Waals surface area (Å²) in [5, 5.41) is 9.85. The Labute approximate surface area is 224 Å². The number of allylic oxidation sites excluding steroid dienone is 4. The second kappa shape index (κ2) is 16.6. The van der Waals surface area contributed by atoms with Gasteiger partial charge in [-0.05, 0) is 61.2 Å². The summed E-state index contributed by atoms with van der Waals surface area (Å²) >= 11 is 10.5. The van der Waals surface area contributed by atoms with Crippen LogP contribution in [0.2, 0.25) is 0 Å². The average Bonchev–Trinajstić information content (AvgIpc) is 3.24. The van der Waals surface area contributed by atoms with Gasteiger partial charge in [0, 0.05) is 17.1 Å². The molecule has 1 N–H and O–H groups in total. The molecular formula is C29H36Cl2N2O3. The first-order valence-electron chi connectivity index (χ1n) is 12.0. The van der Waals surface area contributed by atoms with Crippen molar-refractivity contribution in [2.24, 2.45) is 0 Å². The zero-order valence-electron chi connectivity index (χ0n) is 21.7. The summed E-state index contributed by atoms with van der Waals surface area (Å²) in [6.45, 7) is 14.9. The zero-order chi connectivity index (χ0) is 27.1. The van der Waals surface area contributed by atoms with Gasteiger partial charge in [-0.2, -0.15) is 0 Å². The molecule has 0 saturated carbocycles. The lowest BCUT2D eigenvalue weighted by Gasteiger charge is -2.12. The van der Waals surface area contributed by atoms with Crippen molar-refractivity contribution < 1.29 is 14.6 Å². The molecule has 0 amide bonds. The third-order valence-corrected chi connectivity index (χ3v) is 5.71. The van der Waals surface area contributed by atoms with Gasteiger partial charge in [0.25, 0.3) is 0 Å². The SMILES string of the molecule is C=C/C(=C\CC)Cn1c(COc2cccc(C(=O)O)c2)nc2cc(C)ccc21.CC.CC/C(Cl)=C/Cl. The number of hydrogen-bond donors (Lipinski definition) is 1. The van der Waals surface area contributed by atoms with Crippen molar-refractivity contribution in [3.05, 3.63) is 94.3 Å². The van der Waals surface area contributed by atoms with Crippen LogP contribution < -0.4 is 4.74 Å². The molecule has 3 aromatic rings. The maximum atomic E-state index is 11.2. The number of aromatic carboxylic acids is 1. The molecule has 0 radical (unpaired) electrons. The van der Waals surface area contributed by atoms with Gasteiger partial charge in [0.15, 0.2) is 0 Å². The van der Waals surface area contributed by atoms with E-state index >= 15 is 0 Å². The fraction of sp³-hybridized carbons (Fsp3) is 0.310. The summed E-state index contributed by atoms with van der Waals surface area (Å²) in [7, 11) is 0. The molecule has 194 valence electrons. The van der Waals surface area contributed by atoms with Crippen molar-refractivity contribution >= 4 is 40.2 Å². The maximum Gasteiger partial charge on any atom is 0.335 e. The highest BCUT2D eigenvalue weighted by atomic mass is 35.5. The second-order valence-electron chi connectivity index (χ2n) is 7.53. The Balaban J connectivity index is 0.000000710. The van der Waals surface area contributed by atoms with Crippen molar-refractivity contribution in [3.63, 3.8) is 0 Å². The number of carboxylic acid groups (broad SMARTS) is 1. The van der Waals surface area contributed by atoms with Crippen LogP contribution in [0.4, 0.5) is 0 Å². The summed E-state index contributed by atoms with van der Waals surface area (Å²) in [4.78, 5) is 15.9. The number of carbonyl (C=O) groups is 1. The fourth-order valence-corrected chi connectivity index (χ4v) is 3.33. The topological polar surface area (TPSA) is 64.3 Å². The van der Waals surface area contributed by atoms with Crippen LogP contribution in [-0.2, 0) is 13.2 Å². The van der Waals surface area contributed by atoms with Gasteiger partial charge in [0.1, 0.15) is 18.2 Å². The molecule has 3 rings (SSSR count). The van der Waals surface area contributed by atoms with Gasteiger partial charge >= 0.3 is 5.97 Å². The predicted octanol–water partition coefficient (Wildman–Crippen LogP) is 8.89. The maximum absolute atomic E-state index is 11.2. The zero-order valence-corrected chi connectivity index (χ0v) is 23.2. The van der Waals surface area contributed by atoms with E-state index in [1.807, 2.05) is 33.8 Å². The van der Waals surface area contributed by atoms with Crippen molar-refractivity contribution in [2.45, 2.75) is 60.6 Å². The van der Waals surface area contributed by atoms with E-state index in [-0.39, 0.29) is 12.2 Å². The van der Waals surface area contributed by atoms with Gasteiger partial charge in [-0.15, -0.1) is 0 Å². The lowest BCUT2D eigenvalue weighted by molar-refractivity contribution is 0.0696. The first-order valence-corrected chi connectivity index (χ1v) is 12.8. The first-order chi connectivity index (χ1) is 17.3. The van der Waals surface area contributed by atoms with Crippen molar-refractivity contribution in [3.8, 4) is 5.75 Å². The number of benzene rings is 2. The smallest absolute Gasteiger partial charge is 0.335 e. The summed E-state index contributed by atoms with van der Waals surface area (Å²) in [5.74, 6) is 0.307. The first kappa shape index (κ1) is 31.0. The summed E-state index contributed by atoms with van der Waals surface area (Å²) in [5.41, 5.74) is 5.79. The number of fused-ring (bicyclic) bond motifs is 1. The minimum absolute atomic E-state index is 0.196. The fourth-order valence-electron chi connectivity index (χ4n) is 3.18. The Hall–Kier alpha value is -3.02. The highest BCUT2D eigenvalue weighted by molar-refractivity contribution is 6.36. The summed E-state index contributed by atoms with van der Waals surface area (Å²) < 4.78 is 7.99. The molecular weight excluding hydrogens is 495 g/mol. The number of aryl methyl sites for hydroxylation is 1.